The first-order valence-corrected chi connectivity index (χ1v) is 9.08. The largest absolute Gasteiger partial charge is 0.326 e. The Labute approximate surface area is 157 Å². The lowest BCUT2D eigenvalue weighted by Crippen LogP contribution is -2.48. The van der Waals surface area contributed by atoms with Crippen molar-refractivity contribution >= 4 is 23.1 Å². The van der Waals surface area contributed by atoms with Gasteiger partial charge < -0.3 is 10.2 Å². The highest BCUT2D eigenvalue weighted by atomic mass is 16.6. The molecule has 7 heteroatoms. The van der Waals surface area contributed by atoms with Crippen LogP contribution in [0, 0.1) is 17.0 Å². The summed E-state index contributed by atoms with van der Waals surface area (Å²) in [5.74, 6) is 0.287. The fraction of sp³-hybridized carbons (Fsp3) is 0.350. The van der Waals surface area contributed by atoms with Gasteiger partial charge in [0.1, 0.15) is 0 Å². The monoisotopic (exact) mass is 366 g/mol. The fourth-order valence-corrected chi connectivity index (χ4v) is 4.23. The molecule has 2 aliphatic rings. The quantitative estimate of drug-likeness (QED) is 0.649. The zero-order valence-electron chi connectivity index (χ0n) is 15.4. The number of carbonyl (C=O) groups is 1. The van der Waals surface area contributed by atoms with E-state index >= 15 is 0 Å². The number of nitro benzene ring substituents is 1. The number of anilines is 2. The minimum Gasteiger partial charge on any atom is -0.307 e. The molecule has 2 atom stereocenters. The smallest absolute Gasteiger partial charge is 0.307 e. The molecule has 2 heterocycles. The van der Waals surface area contributed by atoms with Crippen LogP contribution in [-0.4, -0.2) is 42.0 Å². The molecule has 140 valence electrons. The molecule has 0 saturated carbocycles. The highest BCUT2D eigenvalue weighted by Gasteiger charge is 2.44. The van der Waals surface area contributed by atoms with E-state index in [1.807, 2.05) is 17.0 Å². The highest BCUT2D eigenvalue weighted by molar-refractivity contribution is 6.04. The van der Waals surface area contributed by atoms with Crippen molar-refractivity contribution in [2.24, 2.45) is 0 Å². The number of hydrogen-bond acceptors (Lipinski definition) is 4. The topological polar surface area (TPSA) is 78.7 Å². The number of urea groups is 1. The number of piperidine rings is 1. The Morgan fingerprint density at radius 2 is 2.07 bits per heavy atom. The van der Waals surface area contributed by atoms with E-state index in [9.17, 15) is 14.9 Å². The maximum Gasteiger partial charge on any atom is 0.326 e. The van der Waals surface area contributed by atoms with E-state index in [1.54, 1.807) is 12.1 Å². The Morgan fingerprint density at radius 3 is 2.85 bits per heavy atom. The Hall–Kier alpha value is -2.93. The number of benzene rings is 2. The molecule has 27 heavy (non-hydrogen) atoms. The van der Waals surface area contributed by atoms with Crippen molar-refractivity contribution in [3.8, 4) is 0 Å². The van der Waals surface area contributed by atoms with E-state index in [1.165, 1.54) is 23.3 Å². The molecular weight excluding hydrogens is 344 g/mol. The lowest BCUT2D eigenvalue weighted by Gasteiger charge is -2.36. The highest BCUT2D eigenvalue weighted by Crippen LogP contribution is 2.45. The number of aryl methyl sites for hydroxylation is 1. The summed E-state index contributed by atoms with van der Waals surface area (Å²) in [6.07, 6.45) is 0.900. The summed E-state index contributed by atoms with van der Waals surface area (Å²) >= 11 is 0. The van der Waals surface area contributed by atoms with Crippen molar-refractivity contribution in [1.82, 2.24) is 4.90 Å². The number of amides is 2. The summed E-state index contributed by atoms with van der Waals surface area (Å²) in [5, 5.41) is 13.8. The average Bonchev–Trinajstić information content (AvgIpc) is 2.95. The van der Waals surface area contributed by atoms with E-state index in [0.29, 0.717) is 5.69 Å². The van der Waals surface area contributed by atoms with Crippen molar-refractivity contribution in [3.05, 3.63) is 63.7 Å². The normalized spacial score (nSPS) is 21.5. The molecule has 0 radical (unpaired) electrons. The molecule has 7 nitrogen and oxygen atoms in total. The van der Waals surface area contributed by atoms with Crippen LogP contribution in [0.3, 0.4) is 0 Å². The minimum absolute atomic E-state index is 0.0394. The van der Waals surface area contributed by atoms with Gasteiger partial charge >= 0.3 is 6.03 Å². The van der Waals surface area contributed by atoms with Gasteiger partial charge in [-0.2, -0.15) is 0 Å². The van der Waals surface area contributed by atoms with E-state index in [0.717, 1.165) is 25.2 Å². The Bertz CT molecular complexity index is 914. The Balaban J connectivity index is 1.65. The van der Waals surface area contributed by atoms with Crippen LogP contribution in [0.5, 0.6) is 0 Å². The SMILES string of the molecule is Cc1ccc2c(c1)[C@@H]1CN(C)CC[C@@H]1N2C(=O)Nc1cccc([N+](=O)[O-])c1. The maximum atomic E-state index is 13.1. The lowest BCUT2D eigenvalue weighted by atomic mass is 9.89. The van der Waals surface area contributed by atoms with E-state index in [-0.39, 0.29) is 23.7 Å². The molecule has 2 aromatic rings. The third kappa shape index (κ3) is 3.14. The van der Waals surface area contributed by atoms with Gasteiger partial charge in [0.15, 0.2) is 0 Å². The van der Waals surface area contributed by atoms with E-state index in [4.69, 9.17) is 0 Å². The number of rotatable bonds is 2. The van der Waals surface area contributed by atoms with Gasteiger partial charge in [-0.1, -0.05) is 23.8 Å². The molecule has 1 saturated heterocycles. The number of nitrogens with zero attached hydrogens (tertiary/aromatic N) is 3. The first-order valence-electron chi connectivity index (χ1n) is 9.08. The van der Waals surface area contributed by atoms with Crippen LogP contribution in [-0.2, 0) is 0 Å². The van der Waals surface area contributed by atoms with Crippen molar-refractivity contribution in [2.75, 3.05) is 30.4 Å². The predicted octanol–water partition coefficient (Wildman–Crippen LogP) is 3.74. The molecule has 1 fully saturated rings. The van der Waals surface area contributed by atoms with Crippen LogP contribution >= 0.6 is 0 Å². The number of nitrogens with one attached hydrogen (secondary N) is 1. The second-order valence-electron chi connectivity index (χ2n) is 7.39. The molecule has 0 aromatic heterocycles. The van der Waals surface area contributed by atoms with Crippen LogP contribution in [0.15, 0.2) is 42.5 Å². The summed E-state index contributed by atoms with van der Waals surface area (Å²) in [6, 6.07) is 12.1. The fourth-order valence-electron chi connectivity index (χ4n) is 4.23. The zero-order valence-corrected chi connectivity index (χ0v) is 15.4. The number of likely N-dealkylation sites (N-methyl/N-ethyl adjacent to an activating group) is 1. The van der Waals surface area contributed by atoms with Crippen molar-refractivity contribution < 1.29 is 9.72 Å². The van der Waals surface area contributed by atoms with Crippen LogP contribution < -0.4 is 10.2 Å². The van der Waals surface area contributed by atoms with Gasteiger partial charge in [-0.25, -0.2) is 4.79 Å². The molecule has 0 spiro atoms. The average molecular weight is 366 g/mol. The third-order valence-corrected chi connectivity index (χ3v) is 5.48. The summed E-state index contributed by atoms with van der Waals surface area (Å²) in [5.41, 5.74) is 3.72. The predicted molar refractivity (Wildman–Crippen MR) is 104 cm³/mol. The number of carbonyl (C=O) groups excluding carboxylic acids is 1. The number of hydrogen-bond donors (Lipinski definition) is 1. The molecule has 1 N–H and O–H groups in total. The van der Waals surface area contributed by atoms with Crippen LogP contribution in [0.4, 0.5) is 21.9 Å². The molecule has 0 unspecified atom stereocenters. The van der Waals surface area contributed by atoms with Gasteiger partial charge in [-0.15, -0.1) is 0 Å². The summed E-state index contributed by atoms with van der Waals surface area (Å²) in [4.78, 5) is 27.8. The Kier molecular flexibility index (Phi) is 4.31. The first-order chi connectivity index (χ1) is 12.9. The molecule has 0 aliphatic carbocycles. The van der Waals surface area contributed by atoms with E-state index in [2.05, 4.69) is 30.3 Å². The Morgan fingerprint density at radius 1 is 1.26 bits per heavy atom. The molecule has 4 rings (SSSR count). The van der Waals surface area contributed by atoms with Crippen molar-refractivity contribution in [2.45, 2.75) is 25.3 Å². The standard InChI is InChI=1S/C20H22N4O3/c1-13-6-7-18-16(10-13)17-12-22(2)9-8-19(17)23(18)20(25)21-14-4-3-5-15(11-14)24(26)27/h3-7,10-11,17,19H,8-9,12H2,1-2H3,(H,21,25)/t17-,19-/m0/s1. The van der Waals surface area contributed by atoms with Gasteiger partial charge in [0.25, 0.3) is 5.69 Å². The van der Waals surface area contributed by atoms with Gasteiger partial charge in [0, 0.05) is 42.0 Å². The van der Waals surface area contributed by atoms with Crippen molar-refractivity contribution in [1.29, 1.82) is 0 Å². The molecule has 2 amide bonds. The molecule has 2 aliphatic heterocycles. The number of likely N-dealkylation sites (tertiary alicyclic amines) is 1. The van der Waals surface area contributed by atoms with Crippen LogP contribution in [0.1, 0.15) is 23.5 Å². The van der Waals surface area contributed by atoms with Crippen molar-refractivity contribution in [3.63, 3.8) is 0 Å². The number of fused-ring (bicyclic) bond motifs is 3. The lowest BCUT2D eigenvalue weighted by molar-refractivity contribution is -0.384. The summed E-state index contributed by atoms with van der Waals surface area (Å²) < 4.78 is 0. The number of non-ortho nitro benzene ring substituents is 1. The van der Waals surface area contributed by atoms with Gasteiger partial charge in [-0.3, -0.25) is 15.0 Å². The van der Waals surface area contributed by atoms with E-state index < -0.39 is 4.92 Å². The zero-order chi connectivity index (χ0) is 19.1. The maximum absolute atomic E-state index is 13.1. The molecule has 0 bridgehead atoms. The van der Waals surface area contributed by atoms with Crippen LogP contribution in [0.2, 0.25) is 0 Å². The van der Waals surface area contributed by atoms with Gasteiger partial charge in [0.2, 0.25) is 0 Å². The van der Waals surface area contributed by atoms with Crippen LogP contribution in [0.25, 0.3) is 0 Å². The van der Waals surface area contributed by atoms with Gasteiger partial charge in [-0.05, 0) is 44.6 Å². The molecule has 2 aromatic carbocycles. The summed E-state index contributed by atoms with van der Waals surface area (Å²) in [6.45, 7) is 3.92. The molecular formula is C20H22N4O3. The number of nitro groups is 1. The minimum atomic E-state index is -0.462. The third-order valence-electron chi connectivity index (χ3n) is 5.48. The second kappa shape index (κ2) is 6.66. The second-order valence-corrected chi connectivity index (χ2v) is 7.39. The summed E-state index contributed by atoms with van der Waals surface area (Å²) in [7, 11) is 2.11. The van der Waals surface area contributed by atoms with Gasteiger partial charge in [0.05, 0.1) is 4.92 Å². The first kappa shape index (κ1) is 17.5.